The van der Waals surface area contributed by atoms with Crippen LogP contribution in [0.2, 0.25) is 0 Å². The van der Waals surface area contributed by atoms with Crippen LogP contribution in [0.4, 0.5) is 8.78 Å². The van der Waals surface area contributed by atoms with Crippen LogP contribution in [-0.4, -0.2) is 36.5 Å². The molecule has 0 bridgehead atoms. The van der Waals surface area contributed by atoms with Crippen molar-refractivity contribution in [2.75, 3.05) is 20.8 Å². The number of hydrogen-bond donors (Lipinski definition) is 1. The summed E-state index contributed by atoms with van der Waals surface area (Å²) in [5.74, 6) is -3.24. The van der Waals surface area contributed by atoms with Crippen molar-refractivity contribution in [2.45, 2.75) is 6.04 Å². The lowest BCUT2D eigenvalue weighted by Crippen LogP contribution is -2.33. The van der Waals surface area contributed by atoms with Gasteiger partial charge in [0.25, 0.3) is 5.91 Å². The van der Waals surface area contributed by atoms with Crippen LogP contribution in [0, 0.1) is 11.6 Å². The third-order valence-corrected chi connectivity index (χ3v) is 3.36. The van der Waals surface area contributed by atoms with Crippen molar-refractivity contribution in [2.24, 2.45) is 7.05 Å². The highest BCUT2D eigenvalue weighted by Crippen LogP contribution is 2.24. The number of nitrogens with one attached hydrogen (secondary N) is 1. The smallest absolute Gasteiger partial charge is 0.258 e. The molecule has 2 rings (SSSR count). The first-order chi connectivity index (χ1) is 11.0. The molecule has 2 aromatic rings. The molecule has 6 nitrogen and oxygen atoms in total. The van der Waals surface area contributed by atoms with E-state index in [2.05, 4.69) is 10.4 Å². The summed E-state index contributed by atoms with van der Waals surface area (Å²) in [5.41, 5.74) is 0.173. The molecule has 124 valence electrons. The molecule has 1 aromatic carbocycles. The van der Waals surface area contributed by atoms with Crippen molar-refractivity contribution in [3.05, 3.63) is 47.3 Å². The lowest BCUT2D eigenvalue weighted by molar-refractivity contribution is 0.0884. The van der Waals surface area contributed by atoms with E-state index in [9.17, 15) is 13.6 Å². The van der Waals surface area contributed by atoms with Gasteiger partial charge in [-0.15, -0.1) is 0 Å². The van der Waals surface area contributed by atoms with Gasteiger partial charge in [-0.2, -0.15) is 5.10 Å². The van der Waals surface area contributed by atoms with Crippen molar-refractivity contribution in [1.29, 1.82) is 0 Å². The fourth-order valence-corrected chi connectivity index (χ4v) is 2.24. The van der Waals surface area contributed by atoms with Gasteiger partial charge in [0, 0.05) is 20.4 Å². The van der Waals surface area contributed by atoms with Gasteiger partial charge in [-0.3, -0.25) is 9.48 Å². The highest BCUT2D eigenvalue weighted by atomic mass is 19.2. The Hall–Kier alpha value is -2.48. The molecule has 1 aromatic heterocycles. The van der Waals surface area contributed by atoms with E-state index in [0.717, 1.165) is 6.07 Å². The largest absolute Gasteiger partial charge is 0.496 e. The summed E-state index contributed by atoms with van der Waals surface area (Å²) in [5, 5.41) is 6.63. The summed E-state index contributed by atoms with van der Waals surface area (Å²) in [6.07, 6.45) is 1.56. The molecule has 8 heteroatoms. The van der Waals surface area contributed by atoms with E-state index in [0.29, 0.717) is 5.69 Å². The normalized spacial score (nSPS) is 12.0. The van der Waals surface area contributed by atoms with E-state index in [4.69, 9.17) is 9.47 Å². The zero-order chi connectivity index (χ0) is 17.0. The summed E-state index contributed by atoms with van der Waals surface area (Å²) in [6.45, 7) is 0.143. The van der Waals surface area contributed by atoms with Crippen LogP contribution in [0.3, 0.4) is 0 Å². The maximum atomic E-state index is 14.0. The topological polar surface area (TPSA) is 65.4 Å². The van der Waals surface area contributed by atoms with Gasteiger partial charge < -0.3 is 14.8 Å². The Morgan fingerprint density at radius 3 is 2.65 bits per heavy atom. The minimum Gasteiger partial charge on any atom is -0.496 e. The van der Waals surface area contributed by atoms with Crippen molar-refractivity contribution < 1.29 is 23.0 Å². The van der Waals surface area contributed by atoms with Gasteiger partial charge in [-0.05, 0) is 18.2 Å². The van der Waals surface area contributed by atoms with E-state index in [1.165, 1.54) is 20.3 Å². The average molecular weight is 325 g/mol. The number of carbonyl (C=O) groups excluding carboxylic acids is 1. The number of ether oxygens (including phenoxy) is 2. The molecule has 0 saturated heterocycles. The minimum atomic E-state index is -1.26. The van der Waals surface area contributed by atoms with Crippen LogP contribution in [-0.2, 0) is 11.8 Å². The van der Waals surface area contributed by atoms with Gasteiger partial charge in [0.2, 0.25) is 0 Å². The van der Waals surface area contributed by atoms with Crippen LogP contribution in [0.25, 0.3) is 0 Å². The van der Waals surface area contributed by atoms with Gasteiger partial charge in [-0.1, -0.05) is 0 Å². The van der Waals surface area contributed by atoms with E-state index in [-0.39, 0.29) is 12.4 Å². The first-order valence-corrected chi connectivity index (χ1v) is 6.79. The number of benzene rings is 1. The molecule has 0 spiro atoms. The first-order valence-electron chi connectivity index (χ1n) is 6.79. The molecule has 1 N–H and O–H groups in total. The van der Waals surface area contributed by atoms with Crippen molar-refractivity contribution in [1.82, 2.24) is 15.1 Å². The Balaban J connectivity index is 2.33. The van der Waals surface area contributed by atoms with E-state index < -0.39 is 29.1 Å². The van der Waals surface area contributed by atoms with Crippen LogP contribution in [0.15, 0.2) is 24.4 Å². The third-order valence-electron chi connectivity index (χ3n) is 3.36. The van der Waals surface area contributed by atoms with Crippen molar-refractivity contribution in [3.8, 4) is 5.75 Å². The van der Waals surface area contributed by atoms with E-state index in [1.54, 1.807) is 24.0 Å². The summed E-state index contributed by atoms with van der Waals surface area (Å²) in [4.78, 5) is 12.4. The molecule has 0 fully saturated rings. The molecule has 0 unspecified atom stereocenters. The quantitative estimate of drug-likeness (QED) is 0.880. The van der Waals surface area contributed by atoms with Gasteiger partial charge in [-0.25, -0.2) is 8.78 Å². The molecule has 0 aliphatic rings. The van der Waals surface area contributed by atoms with E-state index in [1.807, 2.05) is 0 Å². The Labute approximate surface area is 132 Å². The zero-order valence-electron chi connectivity index (χ0n) is 13.0. The number of aryl methyl sites for hydroxylation is 1. The maximum absolute atomic E-state index is 14.0. The molecular formula is C15H17F2N3O3. The number of nitrogens with zero attached hydrogens (tertiary/aromatic N) is 2. The number of aromatic nitrogens is 2. The SMILES string of the molecule is COC[C@H](NC(=O)c1c(OC)ccc(F)c1F)c1ccnn1C. The highest BCUT2D eigenvalue weighted by molar-refractivity contribution is 5.97. The summed E-state index contributed by atoms with van der Waals surface area (Å²) in [6, 6.07) is 3.22. The van der Waals surface area contributed by atoms with E-state index >= 15 is 0 Å². The number of amides is 1. The van der Waals surface area contributed by atoms with Gasteiger partial charge in [0.1, 0.15) is 11.3 Å². The monoisotopic (exact) mass is 325 g/mol. The van der Waals surface area contributed by atoms with Crippen LogP contribution >= 0.6 is 0 Å². The maximum Gasteiger partial charge on any atom is 0.258 e. The summed E-state index contributed by atoms with van der Waals surface area (Å²) >= 11 is 0. The first kappa shape index (κ1) is 16.9. The fourth-order valence-electron chi connectivity index (χ4n) is 2.24. The van der Waals surface area contributed by atoms with Crippen molar-refractivity contribution >= 4 is 5.91 Å². The van der Waals surface area contributed by atoms with Crippen LogP contribution in [0.5, 0.6) is 5.75 Å². The lowest BCUT2D eigenvalue weighted by Gasteiger charge is -2.19. The summed E-state index contributed by atoms with van der Waals surface area (Å²) in [7, 11) is 4.45. The minimum absolute atomic E-state index is 0.0532. The predicted octanol–water partition coefficient (Wildman–Crippen LogP) is 1.82. The Kier molecular flexibility index (Phi) is 5.28. The molecular weight excluding hydrogens is 308 g/mol. The Bertz CT molecular complexity index is 703. The Morgan fingerprint density at radius 1 is 1.35 bits per heavy atom. The number of methoxy groups -OCH3 is 2. The van der Waals surface area contributed by atoms with Gasteiger partial charge in [0.05, 0.1) is 25.5 Å². The second-order valence-corrected chi connectivity index (χ2v) is 4.80. The lowest BCUT2D eigenvalue weighted by atomic mass is 10.1. The van der Waals surface area contributed by atoms with Crippen LogP contribution in [0.1, 0.15) is 22.1 Å². The second kappa shape index (κ2) is 7.19. The standard InChI is InChI=1S/C15H17F2N3O3/c1-20-11(6-7-18-20)10(8-22-2)19-15(21)13-12(23-3)5-4-9(16)14(13)17/h4-7,10H,8H2,1-3H3,(H,19,21)/t10-/m0/s1. The number of carbonyl (C=O) groups is 1. The van der Waals surface area contributed by atoms with Crippen LogP contribution < -0.4 is 10.1 Å². The molecule has 0 radical (unpaired) electrons. The number of hydrogen-bond acceptors (Lipinski definition) is 4. The fraction of sp³-hybridized carbons (Fsp3) is 0.333. The molecule has 23 heavy (non-hydrogen) atoms. The second-order valence-electron chi connectivity index (χ2n) is 4.80. The zero-order valence-corrected chi connectivity index (χ0v) is 13.0. The number of halogens is 2. The summed E-state index contributed by atoms with van der Waals surface area (Å²) < 4.78 is 39.0. The molecule has 0 saturated carbocycles. The molecule has 1 heterocycles. The number of rotatable bonds is 6. The highest BCUT2D eigenvalue weighted by Gasteiger charge is 2.25. The molecule has 1 amide bonds. The molecule has 1 atom stereocenters. The Morgan fingerprint density at radius 2 is 2.09 bits per heavy atom. The molecule has 0 aliphatic carbocycles. The predicted molar refractivity (Wildman–Crippen MR) is 78.2 cm³/mol. The third kappa shape index (κ3) is 3.48. The molecule has 0 aliphatic heterocycles. The van der Waals surface area contributed by atoms with Gasteiger partial charge >= 0.3 is 0 Å². The van der Waals surface area contributed by atoms with Crippen molar-refractivity contribution in [3.63, 3.8) is 0 Å². The van der Waals surface area contributed by atoms with Gasteiger partial charge in [0.15, 0.2) is 11.6 Å². The average Bonchev–Trinajstić information content (AvgIpc) is 2.95.